The van der Waals surface area contributed by atoms with Crippen LogP contribution < -0.4 is 0 Å². The van der Waals surface area contributed by atoms with E-state index < -0.39 is 0 Å². The van der Waals surface area contributed by atoms with Crippen LogP contribution in [0.2, 0.25) is 0 Å². The Morgan fingerprint density at radius 2 is 2.18 bits per heavy atom. The van der Waals surface area contributed by atoms with E-state index in [1.165, 1.54) is 16.7 Å². The van der Waals surface area contributed by atoms with E-state index in [0.717, 1.165) is 6.42 Å². The van der Waals surface area contributed by atoms with Gasteiger partial charge in [0.2, 0.25) is 0 Å². The number of benzene rings is 1. The van der Waals surface area contributed by atoms with Gasteiger partial charge in [-0.1, -0.05) is 37.8 Å². The smallest absolute Gasteiger partial charge is 0.0233 e. The molecule has 11 heavy (non-hydrogen) atoms. The fourth-order valence-electron chi connectivity index (χ4n) is 1.19. The molecule has 1 aromatic rings. The quantitative estimate of drug-likeness (QED) is 0.601. The summed E-state index contributed by atoms with van der Waals surface area (Å²) in [7, 11) is 0. The lowest BCUT2D eigenvalue weighted by Crippen LogP contribution is -1.84. The molecule has 1 aromatic carbocycles. The zero-order valence-electron chi connectivity index (χ0n) is 7.22. The second kappa shape index (κ2) is 3.38. The molecule has 0 saturated heterocycles. The van der Waals surface area contributed by atoms with E-state index in [0.29, 0.717) is 0 Å². The third kappa shape index (κ3) is 1.70. The summed E-state index contributed by atoms with van der Waals surface area (Å²) in [6.45, 7) is 8.04. The van der Waals surface area contributed by atoms with Crippen molar-refractivity contribution >= 4 is 6.08 Å². The van der Waals surface area contributed by atoms with Crippen LogP contribution in [0.25, 0.3) is 6.08 Å². The van der Waals surface area contributed by atoms with Gasteiger partial charge in [0.15, 0.2) is 0 Å². The molecule has 0 heterocycles. The summed E-state index contributed by atoms with van der Waals surface area (Å²) in [5.41, 5.74) is 3.95. The highest BCUT2D eigenvalue weighted by Gasteiger charge is 1.93. The SMILES string of the molecule is C=Cc1ccc(CC)cc1C. The van der Waals surface area contributed by atoms with Crippen LogP contribution in [0.4, 0.5) is 0 Å². The summed E-state index contributed by atoms with van der Waals surface area (Å²) in [5, 5.41) is 0. The first kappa shape index (κ1) is 8.06. The predicted molar refractivity (Wildman–Crippen MR) is 50.6 cm³/mol. The predicted octanol–water partition coefficient (Wildman–Crippen LogP) is 3.20. The maximum absolute atomic E-state index is 3.75. The van der Waals surface area contributed by atoms with Crippen LogP contribution in [-0.2, 0) is 6.42 Å². The number of rotatable bonds is 2. The minimum absolute atomic E-state index is 1.11. The Balaban J connectivity index is 3.09. The normalized spacial score (nSPS) is 9.64. The molecular weight excluding hydrogens is 132 g/mol. The Labute approximate surface area is 68.6 Å². The molecule has 0 aliphatic carbocycles. The van der Waals surface area contributed by atoms with Crippen LogP contribution in [0.15, 0.2) is 24.8 Å². The molecule has 0 saturated carbocycles. The van der Waals surface area contributed by atoms with Crippen LogP contribution in [-0.4, -0.2) is 0 Å². The molecule has 0 spiro atoms. The molecule has 0 aromatic heterocycles. The zero-order chi connectivity index (χ0) is 8.27. The molecule has 1 rings (SSSR count). The van der Waals surface area contributed by atoms with Crippen molar-refractivity contribution in [2.24, 2.45) is 0 Å². The van der Waals surface area contributed by atoms with E-state index in [9.17, 15) is 0 Å². The van der Waals surface area contributed by atoms with Crippen molar-refractivity contribution in [3.8, 4) is 0 Å². The van der Waals surface area contributed by atoms with Gasteiger partial charge in [-0.05, 0) is 30.0 Å². The molecule has 0 aliphatic rings. The fraction of sp³-hybridized carbons (Fsp3) is 0.273. The van der Waals surface area contributed by atoms with Gasteiger partial charge in [0.25, 0.3) is 0 Å². The molecule has 0 radical (unpaired) electrons. The van der Waals surface area contributed by atoms with E-state index in [1.54, 1.807) is 0 Å². The molecule has 0 nitrogen and oxygen atoms in total. The van der Waals surface area contributed by atoms with Crippen molar-refractivity contribution in [3.63, 3.8) is 0 Å². The Kier molecular flexibility index (Phi) is 2.48. The first-order valence-corrected chi connectivity index (χ1v) is 4.00. The Hall–Kier alpha value is -1.04. The summed E-state index contributed by atoms with van der Waals surface area (Å²) >= 11 is 0. The molecule has 0 N–H and O–H groups in total. The Bertz CT molecular complexity index is 259. The molecule has 0 fully saturated rings. The van der Waals surface area contributed by atoms with Crippen molar-refractivity contribution in [3.05, 3.63) is 41.5 Å². The summed E-state index contributed by atoms with van der Waals surface area (Å²) in [6.07, 6.45) is 3.01. The highest BCUT2D eigenvalue weighted by molar-refractivity contribution is 5.52. The van der Waals surface area contributed by atoms with Gasteiger partial charge in [0, 0.05) is 0 Å². The third-order valence-corrected chi connectivity index (χ3v) is 1.96. The molecule has 0 amide bonds. The van der Waals surface area contributed by atoms with Gasteiger partial charge < -0.3 is 0 Å². The van der Waals surface area contributed by atoms with Gasteiger partial charge in [-0.15, -0.1) is 0 Å². The monoisotopic (exact) mass is 146 g/mol. The lowest BCUT2D eigenvalue weighted by Gasteiger charge is -2.02. The van der Waals surface area contributed by atoms with E-state index in [-0.39, 0.29) is 0 Å². The maximum Gasteiger partial charge on any atom is -0.0233 e. The van der Waals surface area contributed by atoms with E-state index >= 15 is 0 Å². The Morgan fingerprint density at radius 3 is 2.64 bits per heavy atom. The van der Waals surface area contributed by atoms with E-state index in [1.807, 2.05) is 6.08 Å². The van der Waals surface area contributed by atoms with Crippen molar-refractivity contribution in [2.45, 2.75) is 20.3 Å². The van der Waals surface area contributed by atoms with Crippen molar-refractivity contribution in [1.29, 1.82) is 0 Å². The molecule has 0 unspecified atom stereocenters. The minimum atomic E-state index is 1.11. The van der Waals surface area contributed by atoms with Crippen molar-refractivity contribution in [1.82, 2.24) is 0 Å². The van der Waals surface area contributed by atoms with Crippen molar-refractivity contribution < 1.29 is 0 Å². The standard InChI is InChI=1S/C11H14/c1-4-10-6-7-11(5-2)9(3)8-10/h5-8H,2,4H2,1,3H3. The zero-order valence-corrected chi connectivity index (χ0v) is 7.22. The lowest BCUT2D eigenvalue weighted by atomic mass is 10.0. The minimum Gasteiger partial charge on any atom is -0.0985 e. The number of hydrogen-bond acceptors (Lipinski definition) is 0. The van der Waals surface area contributed by atoms with Gasteiger partial charge in [-0.3, -0.25) is 0 Å². The van der Waals surface area contributed by atoms with Gasteiger partial charge >= 0.3 is 0 Å². The second-order valence-corrected chi connectivity index (χ2v) is 2.75. The van der Waals surface area contributed by atoms with Crippen molar-refractivity contribution in [2.75, 3.05) is 0 Å². The molecule has 0 aliphatic heterocycles. The highest BCUT2D eigenvalue weighted by Crippen LogP contribution is 2.12. The Morgan fingerprint density at radius 1 is 1.45 bits per heavy atom. The van der Waals surface area contributed by atoms with Crippen LogP contribution >= 0.6 is 0 Å². The van der Waals surface area contributed by atoms with Crippen LogP contribution in [0, 0.1) is 6.92 Å². The molecule has 0 bridgehead atoms. The fourth-order valence-corrected chi connectivity index (χ4v) is 1.19. The third-order valence-electron chi connectivity index (χ3n) is 1.96. The summed E-state index contributed by atoms with van der Waals surface area (Å²) in [5.74, 6) is 0. The average Bonchev–Trinajstić information content (AvgIpc) is 2.04. The van der Waals surface area contributed by atoms with Gasteiger partial charge in [0.1, 0.15) is 0 Å². The summed E-state index contributed by atoms with van der Waals surface area (Å²) in [6, 6.07) is 6.50. The lowest BCUT2D eigenvalue weighted by molar-refractivity contribution is 1.13. The first-order valence-electron chi connectivity index (χ1n) is 4.00. The summed E-state index contributed by atoms with van der Waals surface area (Å²) in [4.78, 5) is 0. The molecular formula is C11H14. The van der Waals surface area contributed by atoms with E-state index in [4.69, 9.17) is 0 Å². The average molecular weight is 146 g/mol. The second-order valence-electron chi connectivity index (χ2n) is 2.75. The van der Waals surface area contributed by atoms with Crippen LogP contribution in [0.1, 0.15) is 23.6 Å². The molecule has 58 valence electrons. The molecule has 0 atom stereocenters. The van der Waals surface area contributed by atoms with E-state index in [2.05, 4.69) is 38.6 Å². The number of aryl methyl sites for hydroxylation is 2. The van der Waals surface area contributed by atoms with Gasteiger partial charge in [-0.2, -0.15) is 0 Å². The van der Waals surface area contributed by atoms with Gasteiger partial charge in [-0.25, -0.2) is 0 Å². The molecule has 0 heteroatoms. The first-order chi connectivity index (χ1) is 5.27. The summed E-state index contributed by atoms with van der Waals surface area (Å²) < 4.78 is 0. The maximum atomic E-state index is 3.75. The van der Waals surface area contributed by atoms with Crippen LogP contribution in [0.3, 0.4) is 0 Å². The number of hydrogen-bond donors (Lipinski definition) is 0. The van der Waals surface area contributed by atoms with Crippen LogP contribution in [0.5, 0.6) is 0 Å². The largest absolute Gasteiger partial charge is 0.0985 e. The topological polar surface area (TPSA) is 0 Å². The van der Waals surface area contributed by atoms with Gasteiger partial charge in [0.05, 0.1) is 0 Å². The highest BCUT2D eigenvalue weighted by atomic mass is 14.0.